The van der Waals surface area contributed by atoms with Crippen LogP contribution in [0.3, 0.4) is 0 Å². The van der Waals surface area contributed by atoms with Gasteiger partial charge in [-0.3, -0.25) is 0 Å². The van der Waals surface area contributed by atoms with Gasteiger partial charge in [0, 0.05) is 0 Å². The van der Waals surface area contributed by atoms with Crippen LogP contribution in [0.2, 0.25) is 0 Å². The molecular formula is C8H19MgO2P. The molecule has 70 valence electrons. The second kappa shape index (κ2) is 22.6. The zero-order valence-electron chi connectivity index (χ0n) is 8.58. The summed E-state index contributed by atoms with van der Waals surface area (Å²) >= 11 is 0. The Morgan fingerprint density at radius 3 is 1.08 bits per heavy atom. The Balaban J connectivity index is -0.0000000389. The minimum absolute atomic E-state index is 0. The SMILES string of the molecule is O=PO.[CH2-]C(C)C.[CH2-]C(C)C.[Mg+2]. The minimum atomic E-state index is -0.833. The summed E-state index contributed by atoms with van der Waals surface area (Å²) in [5.74, 6) is 1.17. The predicted octanol–water partition coefficient (Wildman–Crippen LogP) is 2.76. The molecule has 0 heterocycles. The Morgan fingerprint density at radius 1 is 1.08 bits per heavy atom. The van der Waals surface area contributed by atoms with Gasteiger partial charge in [-0.1, -0.05) is 27.7 Å². The van der Waals surface area contributed by atoms with E-state index in [9.17, 15) is 0 Å². The van der Waals surface area contributed by atoms with Crippen LogP contribution in [0.25, 0.3) is 0 Å². The molecule has 0 amide bonds. The van der Waals surface area contributed by atoms with Crippen LogP contribution in [0.5, 0.6) is 0 Å². The Morgan fingerprint density at radius 2 is 1.08 bits per heavy atom. The van der Waals surface area contributed by atoms with Crippen molar-refractivity contribution in [3.63, 3.8) is 0 Å². The Labute approximate surface area is 94.6 Å². The first-order chi connectivity index (χ1) is 4.88. The fraction of sp³-hybridized carbons (Fsp3) is 0.750. The van der Waals surface area contributed by atoms with Crippen LogP contribution in [0, 0.1) is 25.7 Å². The molecule has 0 saturated carbocycles. The first-order valence-corrected chi connectivity index (χ1v) is 4.27. The number of hydrogen-bond donors (Lipinski definition) is 1. The molecule has 0 aliphatic carbocycles. The fourth-order valence-electron chi connectivity index (χ4n) is 0. The molecule has 0 aromatic heterocycles. The van der Waals surface area contributed by atoms with Crippen LogP contribution in [-0.4, -0.2) is 27.9 Å². The summed E-state index contributed by atoms with van der Waals surface area (Å²) in [6.07, 6.45) is 0. The largest absolute Gasteiger partial charge is 2.00 e. The van der Waals surface area contributed by atoms with E-state index in [-0.39, 0.29) is 23.1 Å². The quantitative estimate of drug-likeness (QED) is 0.373. The summed E-state index contributed by atoms with van der Waals surface area (Å²) in [5, 5.41) is 0. The van der Waals surface area contributed by atoms with E-state index in [2.05, 4.69) is 41.5 Å². The minimum Gasteiger partial charge on any atom is -0.341 e. The molecule has 0 atom stereocenters. The van der Waals surface area contributed by atoms with E-state index in [1.54, 1.807) is 0 Å². The average Bonchev–Trinajstić information content (AvgIpc) is 1.60. The summed E-state index contributed by atoms with van der Waals surface area (Å²) in [7, 11) is -0.833. The van der Waals surface area contributed by atoms with Gasteiger partial charge < -0.3 is 18.7 Å². The van der Waals surface area contributed by atoms with Crippen LogP contribution >= 0.6 is 8.69 Å². The Kier molecular flexibility index (Phi) is 43.4. The standard InChI is InChI=1S/2C4H9.Mg.HO2P/c2*1-4(2)3;;1-3-2/h2*4H,1H2,2-3H3;;(H,1,2)/q2*-1;+2;. The Bertz CT molecular complexity index is 56.6. The van der Waals surface area contributed by atoms with Crippen molar-refractivity contribution in [3.8, 4) is 0 Å². The van der Waals surface area contributed by atoms with Gasteiger partial charge in [-0.2, -0.15) is 11.8 Å². The van der Waals surface area contributed by atoms with E-state index in [0.717, 1.165) is 0 Å². The van der Waals surface area contributed by atoms with Crippen LogP contribution < -0.4 is 0 Å². The molecule has 0 unspecified atom stereocenters. The van der Waals surface area contributed by atoms with E-state index in [0.29, 0.717) is 11.8 Å². The second-order valence-electron chi connectivity index (χ2n) is 2.87. The second-order valence-corrected chi connectivity index (χ2v) is 3.03. The molecule has 0 aliphatic heterocycles. The van der Waals surface area contributed by atoms with Gasteiger partial charge in [0.15, 0.2) is 0 Å². The van der Waals surface area contributed by atoms with Crippen molar-refractivity contribution < 1.29 is 9.46 Å². The van der Waals surface area contributed by atoms with E-state index < -0.39 is 8.69 Å². The predicted molar refractivity (Wildman–Crippen MR) is 56.0 cm³/mol. The molecule has 1 N–H and O–H groups in total. The van der Waals surface area contributed by atoms with E-state index >= 15 is 0 Å². The van der Waals surface area contributed by atoms with Gasteiger partial charge in [-0.05, 0) is 0 Å². The molecule has 0 aliphatic rings. The maximum Gasteiger partial charge on any atom is 2.00 e. The van der Waals surface area contributed by atoms with Crippen molar-refractivity contribution in [2.75, 3.05) is 0 Å². The van der Waals surface area contributed by atoms with Crippen molar-refractivity contribution in [2.24, 2.45) is 11.8 Å². The third-order valence-corrected chi connectivity index (χ3v) is 0. The molecular weight excluding hydrogens is 183 g/mol. The third kappa shape index (κ3) is 1530. The molecule has 2 nitrogen and oxygen atoms in total. The summed E-state index contributed by atoms with van der Waals surface area (Å²) in [6.45, 7) is 15.5. The van der Waals surface area contributed by atoms with Gasteiger partial charge >= 0.3 is 31.7 Å². The molecule has 12 heavy (non-hydrogen) atoms. The van der Waals surface area contributed by atoms with E-state index in [1.807, 2.05) is 0 Å². The normalized spacial score (nSPS) is 7.75. The topological polar surface area (TPSA) is 37.3 Å². The van der Waals surface area contributed by atoms with Crippen molar-refractivity contribution in [1.29, 1.82) is 0 Å². The van der Waals surface area contributed by atoms with Crippen LogP contribution in [0.4, 0.5) is 0 Å². The smallest absolute Gasteiger partial charge is 0.341 e. The molecule has 0 saturated heterocycles. The average molecular weight is 203 g/mol. The molecule has 0 radical (unpaired) electrons. The van der Waals surface area contributed by atoms with Gasteiger partial charge in [-0.15, -0.1) is 0 Å². The maximum atomic E-state index is 8.46. The van der Waals surface area contributed by atoms with Crippen LogP contribution in [0.1, 0.15) is 27.7 Å². The van der Waals surface area contributed by atoms with Gasteiger partial charge in [0.1, 0.15) is 0 Å². The fourth-order valence-corrected chi connectivity index (χ4v) is 0. The molecule has 0 spiro atoms. The first-order valence-electron chi connectivity index (χ1n) is 3.51. The Hall–Kier alpha value is 0.826. The van der Waals surface area contributed by atoms with Gasteiger partial charge in [0.25, 0.3) is 0 Å². The molecule has 4 heteroatoms. The van der Waals surface area contributed by atoms with Crippen molar-refractivity contribution in [1.82, 2.24) is 0 Å². The van der Waals surface area contributed by atoms with Gasteiger partial charge in [-0.25, -0.2) is 4.57 Å². The zero-order chi connectivity index (χ0) is 9.86. The molecule has 0 rings (SSSR count). The molecule has 0 aromatic rings. The van der Waals surface area contributed by atoms with Gasteiger partial charge in [0.05, 0.1) is 0 Å². The number of rotatable bonds is 0. The van der Waals surface area contributed by atoms with Crippen molar-refractivity contribution in [2.45, 2.75) is 27.7 Å². The van der Waals surface area contributed by atoms with Crippen LogP contribution in [-0.2, 0) is 4.57 Å². The monoisotopic (exact) mass is 202 g/mol. The van der Waals surface area contributed by atoms with E-state index in [1.165, 1.54) is 0 Å². The summed E-state index contributed by atoms with van der Waals surface area (Å²) in [6, 6.07) is 0. The third-order valence-electron chi connectivity index (χ3n) is 0. The molecule has 0 aromatic carbocycles. The summed E-state index contributed by atoms with van der Waals surface area (Å²) < 4.78 is 8.46. The molecule has 0 bridgehead atoms. The van der Waals surface area contributed by atoms with Crippen molar-refractivity contribution >= 4 is 31.7 Å². The van der Waals surface area contributed by atoms with Gasteiger partial charge in [0.2, 0.25) is 0 Å². The van der Waals surface area contributed by atoms with Crippen LogP contribution in [0.15, 0.2) is 0 Å². The molecule has 0 fully saturated rings. The summed E-state index contributed by atoms with van der Waals surface area (Å²) in [5.41, 5.74) is 0. The zero-order valence-corrected chi connectivity index (χ0v) is 10.9. The first kappa shape index (κ1) is 23.0. The van der Waals surface area contributed by atoms with Crippen molar-refractivity contribution in [3.05, 3.63) is 13.8 Å². The summed E-state index contributed by atoms with van der Waals surface area (Å²) in [4.78, 5) is 6.99. The van der Waals surface area contributed by atoms with E-state index in [4.69, 9.17) is 9.46 Å². The number of hydrogen-bond acceptors (Lipinski definition) is 1. The maximum absolute atomic E-state index is 8.46.